The van der Waals surface area contributed by atoms with E-state index >= 15 is 0 Å². The Balaban J connectivity index is 4.94. The van der Waals surface area contributed by atoms with Gasteiger partial charge in [0.25, 0.3) is 5.91 Å². The molecule has 0 saturated heterocycles. The van der Waals surface area contributed by atoms with Crippen LogP contribution in [0.1, 0.15) is 0 Å². The van der Waals surface area contributed by atoms with Crippen molar-refractivity contribution in [2.45, 2.75) is 0 Å². The molecule has 0 rings (SSSR count). The first-order valence-electron chi connectivity index (χ1n) is 4.51. The van der Waals surface area contributed by atoms with Crippen LogP contribution in [0.15, 0.2) is 16.9 Å². The van der Waals surface area contributed by atoms with Crippen molar-refractivity contribution in [2.75, 3.05) is 28.2 Å². The van der Waals surface area contributed by atoms with Crippen LogP contribution in [0.25, 0.3) is 0 Å². The van der Waals surface area contributed by atoms with E-state index < -0.39 is 0 Å². The Morgan fingerprint density at radius 3 is 2.19 bits per heavy atom. The third-order valence-electron chi connectivity index (χ3n) is 1.54. The number of nitrogens with zero attached hydrogens (tertiary/aromatic N) is 4. The molecule has 0 saturated carbocycles. The Kier molecular flexibility index (Phi) is 6.34. The van der Waals surface area contributed by atoms with E-state index in [0.29, 0.717) is 6.41 Å². The lowest BCUT2D eigenvalue weighted by atomic mass is 10.5. The molecule has 0 aliphatic carbocycles. The highest BCUT2D eigenvalue weighted by Crippen LogP contribution is 2.04. The van der Waals surface area contributed by atoms with E-state index in [1.165, 1.54) is 29.0 Å². The summed E-state index contributed by atoms with van der Waals surface area (Å²) in [7, 11) is 8.95. The van der Waals surface area contributed by atoms with Gasteiger partial charge in [-0.2, -0.15) is 0 Å². The van der Waals surface area contributed by atoms with Gasteiger partial charge in [-0.1, -0.05) is 0 Å². The summed E-state index contributed by atoms with van der Waals surface area (Å²) in [4.78, 5) is 29.0. The molecule has 0 aromatic carbocycles. The van der Waals surface area contributed by atoms with E-state index in [1.807, 2.05) is 0 Å². The second-order valence-corrected chi connectivity index (χ2v) is 4.15. The van der Waals surface area contributed by atoms with Gasteiger partial charge in [0, 0.05) is 34.3 Å². The van der Waals surface area contributed by atoms with Crippen LogP contribution < -0.4 is 0 Å². The number of carbonyl (C=O) groups is 2. The normalized spacial score (nSPS) is 11.4. The number of amides is 2. The maximum Gasteiger partial charge on any atom is 0.252 e. The molecule has 0 aliphatic rings. The Morgan fingerprint density at radius 1 is 1.25 bits per heavy atom. The van der Waals surface area contributed by atoms with E-state index in [1.54, 1.807) is 26.0 Å². The number of rotatable bonds is 5. The highest BCUT2D eigenvalue weighted by atomic mass is 31.0. The first-order valence-corrected chi connectivity index (χ1v) is 5.03. The lowest BCUT2D eigenvalue weighted by Crippen LogP contribution is -2.20. The van der Waals surface area contributed by atoms with Gasteiger partial charge in [0.15, 0.2) is 0 Å². The van der Waals surface area contributed by atoms with Gasteiger partial charge in [0.05, 0.1) is 6.34 Å². The van der Waals surface area contributed by atoms with Crippen molar-refractivity contribution in [3.05, 3.63) is 11.9 Å². The van der Waals surface area contributed by atoms with E-state index in [-0.39, 0.29) is 11.7 Å². The molecule has 0 aromatic rings. The predicted octanol–water partition coefficient (Wildman–Crippen LogP) is -0.246. The fourth-order valence-corrected chi connectivity index (χ4v) is 0.746. The summed E-state index contributed by atoms with van der Waals surface area (Å²) in [5.74, 6) is 0.0209. The van der Waals surface area contributed by atoms with Gasteiger partial charge >= 0.3 is 0 Å². The largest absolute Gasteiger partial charge is 0.369 e. The Labute approximate surface area is 97.9 Å². The summed E-state index contributed by atoms with van der Waals surface area (Å²) >= 11 is 0. The molecule has 0 aromatic heterocycles. The molecule has 16 heavy (non-hydrogen) atoms. The summed E-state index contributed by atoms with van der Waals surface area (Å²) < 4.78 is 1.32. The second kappa shape index (κ2) is 6.95. The van der Waals surface area contributed by atoms with E-state index in [4.69, 9.17) is 0 Å². The zero-order valence-electron chi connectivity index (χ0n) is 9.91. The fourth-order valence-electron chi connectivity index (χ4n) is 0.671. The molecular formula is C9H17N4O2P. The molecule has 0 bridgehead atoms. The smallest absolute Gasteiger partial charge is 0.252 e. The molecule has 0 aliphatic heterocycles. The fraction of sp³-hybridized carbons (Fsp3) is 0.444. The first-order chi connectivity index (χ1) is 7.38. The molecule has 0 radical (unpaired) electrons. The molecule has 1 atom stereocenters. The van der Waals surface area contributed by atoms with Crippen molar-refractivity contribution in [3.8, 4) is 0 Å². The summed E-state index contributed by atoms with van der Waals surface area (Å²) in [6.07, 6.45) is 3.39. The van der Waals surface area contributed by atoms with Crippen LogP contribution in [0.5, 0.6) is 0 Å². The summed E-state index contributed by atoms with van der Waals surface area (Å²) in [6.45, 7) is 0. The topological polar surface area (TPSA) is 56.2 Å². The average molecular weight is 244 g/mol. The van der Waals surface area contributed by atoms with Crippen molar-refractivity contribution >= 4 is 28.0 Å². The zero-order chi connectivity index (χ0) is 12.7. The SMILES string of the molecule is CN(C)/C=N/C(=C/C(=O)N(C)P)N(C)C=O. The number of hydrogen-bond donors (Lipinski definition) is 0. The lowest BCUT2D eigenvalue weighted by Gasteiger charge is -2.13. The molecule has 90 valence electrons. The number of likely N-dealkylation sites (N-methyl/N-ethyl adjacent to an activating group) is 1. The van der Waals surface area contributed by atoms with Gasteiger partial charge in [0.1, 0.15) is 5.82 Å². The molecule has 7 heteroatoms. The van der Waals surface area contributed by atoms with E-state index in [9.17, 15) is 9.59 Å². The second-order valence-electron chi connectivity index (χ2n) is 3.38. The highest BCUT2D eigenvalue weighted by molar-refractivity contribution is 7.14. The average Bonchev–Trinajstić information content (AvgIpc) is 2.22. The third kappa shape index (κ3) is 5.46. The highest BCUT2D eigenvalue weighted by Gasteiger charge is 2.06. The first kappa shape index (κ1) is 14.6. The van der Waals surface area contributed by atoms with Gasteiger partial charge < -0.3 is 14.5 Å². The van der Waals surface area contributed by atoms with E-state index in [0.717, 1.165) is 0 Å². The summed E-state index contributed by atoms with van der Waals surface area (Å²) in [5.41, 5.74) is 0. The molecule has 2 amide bonds. The number of aliphatic imine (C=N–C) groups is 1. The molecular weight excluding hydrogens is 227 g/mol. The van der Waals surface area contributed by atoms with Crippen LogP contribution >= 0.6 is 9.39 Å². The molecule has 0 spiro atoms. The molecule has 0 fully saturated rings. The summed E-state index contributed by atoms with van der Waals surface area (Å²) in [5, 5.41) is 0. The Bertz CT molecular complexity index is 313. The minimum Gasteiger partial charge on any atom is -0.369 e. The monoisotopic (exact) mass is 244 g/mol. The molecule has 1 unspecified atom stereocenters. The minimum atomic E-state index is -0.260. The third-order valence-corrected chi connectivity index (χ3v) is 1.80. The maximum atomic E-state index is 11.4. The van der Waals surface area contributed by atoms with Gasteiger partial charge in [-0.3, -0.25) is 9.59 Å². The predicted molar refractivity (Wildman–Crippen MR) is 66.6 cm³/mol. The van der Waals surface area contributed by atoms with Crippen molar-refractivity contribution in [1.82, 2.24) is 14.5 Å². The van der Waals surface area contributed by atoms with Crippen LogP contribution in [0.4, 0.5) is 0 Å². The maximum absolute atomic E-state index is 11.4. The summed E-state index contributed by atoms with van der Waals surface area (Å²) in [6, 6.07) is 0. The van der Waals surface area contributed by atoms with Crippen LogP contribution in [-0.2, 0) is 9.59 Å². The van der Waals surface area contributed by atoms with Crippen molar-refractivity contribution in [3.63, 3.8) is 0 Å². The molecule has 0 N–H and O–H groups in total. The zero-order valence-corrected chi connectivity index (χ0v) is 11.1. The Hall–Kier alpha value is -1.42. The molecule has 0 heterocycles. The lowest BCUT2D eigenvalue weighted by molar-refractivity contribution is -0.120. The minimum absolute atomic E-state index is 0.260. The van der Waals surface area contributed by atoms with Crippen LogP contribution in [0.2, 0.25) is 0 Å². The van der Waals surface area contributed by atoms with Crippen LogP contribution in [0.3, 0.4) is 0 Å². The van der Waals surface area contributed by atoms with E-state index in [2.05, 4.69) is 14.4 Å². The van der Waals surface area contributed by atoms with Gasteiger partial charge in [-0.05, 0) is 9.39 Å². The Morgan fingerprint density at radius 2 is 1.81 bits per heavy atom. The quantitative estimate of drug-likeness (QED) is 0.220. The van der Waals surface area contributed by atoms with Gasteiger partial charge in [0.2, 0.25) is 6.41 Å². The van der Waals surface area contributed by atoms with Gasteiger partial charge in [-0.15, -0.1) is 0 Å². The number of carbonyl (C=O) groups excluding carboxylic acids is 2. The van der Waals surface area contributed by atoms with Crippen LogP contribution in [0, 0.1) is 0 Å². The number of hydrogen-bond acceptors (Lipinski definition) is 3. The van der Waals surface area contributed by atoms with Crippen LogP contribution in [-0.4, -0.2) is 61.3 Å². The van der Waals surface area contributed by atoms with Crippen molar-refractivity contribution < 1.29 is 9.59 Å². The van der Waals surface area contributed by atoms with Crippen molar-refractivity contribution in [1.29, 1.82) is 0 Å². The van der Waals surface area contributed by atoms with Gasteiger partial charge in [-0.25, -0.2) is 4.99 Å². The standard InChI is InChI=1S/C9H17N4O2P/c1-11(2)6-10-8(12(3)7-14)5-9(15)13(4)16/h5-7H,16H2,1-4H3/b8-5-,10-6+. The van der Waals surface area contributed by atoms with Crippen molar-refractivity contribution in [2.24, 2.45) is 4.99 Å². The molecule has 6 nitrogen and oxygen atoms in total.